The molecule has 1 rings (SSSR count). The second kappa shape index (κ2) is 4.60. The summed E-state index contributed by atoms with van der Waals surface area (Å²) in [5, 5.41) is 2.82. The van der Waals surface area contributed by atoms with E-state index in [1.165, 1.54) is 0 Å². The zero-order valence-electron chi connectivity index (χ0n) is 7.67. The van der Waals surface area contributed by atoms with E-state index in [4.69, 9.17) is 0 Å². The standard InChI is InChI=1S/C8H16N2OS/c1-3-7(6-12-2)10-5-4-9-8(10)11/h7H,3-6H2,1-2H3,(H,9,11). The lowest BCUT2D eigenvalue weighted by atomic mass is 10.2. The fourth-order valence-electron chi connectivity index (χ4n) is 1.46. The van der Waals surface area contributed by atoms with Gasteiger partial charge >= 0.3 is 6.03 Å². The molecule has 1 aliphatic heterocycles. The Labute approximate surface area is 77.9 Å². The van der Waals surface area contributed by atoms with E-state index < -0.39 is 0 Å². The Morgan fingerprint density at radius 2 is 2.50 bits per heavy atom. The summed E-state index contributed by atoms with van der Waals surface area (Å²) < 4.78 is 0. The Morgan fingerprint density at radius 1 is 1.75 bits per heavy atom. The average Bonchev–Trinajstić information content (AvgIpc) is 2.47. The van der Waals surface area contributed by atoms with Gasteiger partial charge in [0.2, 0.25) is 0 Å². The predicted octanol–water partition coefficient (Wildman–Crippen LogP) is 1.15. The molecule has 1 atom stereocenters. The molecule has 12 heavy (non-hydrogen) atoms. The molecule has 1 aliphatic rings. The number of amides is 2. The van der Waals surface area contributed by atoms with Gasteiger partial charge in [0.25, 0.3) is 0 Å². The van der Waals surface area contributed by atoms with Gasteiger partial charge in [0.1, 0.15) is 0 Å². The highest BCUT2D eigenvalue weighted by Crippen LogP contribution is 2.12. The lowest BCUT2D eigenvalue weighted by Gasteiger charge is -2.24. The van der Waals surface area contributed by atoms with E-state index in [2.05, 4.69) is 18.5 Å². The van der Waals surface area contributed by atoms with E-state index in [9.17, 15) is 4.79 Å². The molecule has 3 nitrogen and oxygen atoms in total. The van der Waals surface area contributed by atoms with Crippen molar-refractivity contribution in [2.24, 2.45) is 0 Å². The van der Waals surface area contributed by atoms with Crippen LogP contribution in [0.3, 0.4) is 0 Å². The van der Waals surface area contributed by atoms with Gasteiger partial charge in [-0.1, -0.05) is 6.92 Å². The lowest BCUT2D eigenvalue weighted by Crippen LogP contribution is -2.39. The van der Waals surface area contributed by atoms with Crippen LogP contribution in [0.5, 0.6) is 0 Å². The van der Waals surface area contributed by atoms with Gasteiger partial charge in [0.15, 0.2) is 0 Å². The molecule has 0 spiro atoms. The number of nitrogens with one attached hydrogen (secondary N) is 1. The van der Waals surface area contributed by atoms with Crippen LogP contribution in [0.1, 0.15) is 13.3 Å². The van der Waals surface area contributed by atoms with Crippen molar-refractivity contribution in [1.29, 1.82) is 0 Å². The molecule has 0 bridgehead atoms. The largest absolute Gasteiger partial charge is 0.336 e. The van der Waals surface area contributed by atoms with Gasteiger partial charge in [-0.3, -0.25) is 0 Å². The molecule has 2 amide bonds. The zero-order valence-corrected chi connectivity index (χ0v) is 8.49. The van der Waals surface area contributed by atoms with Crippen molar-refractivity contribution in [3.05, 3.63) is 0 Å². The zero-order chi connectivity index (χ0) is 8.97. The van der Waals surface area contributed by atoms with Crippen molar-refractivity contribution in [3.8, 4) is 0 Å². The molecule has 0 aromatic rings. The number of carbonyl (C=O) groups excluding carboxylic acids is 1. The normalized spacial score (nSPS) is 19.5. The van der Waals surface area contributed by atoms with Crippen LogP contribution >= 0.6 is 11.8 Å². The molecule has 0 aromatic heterocycles. The summed E-state index contributed by atoms with van der Waals surface area (Å²) in [5.74, 6) is 1.05. The van der Waals surface area contributed by atoms with Crippen molar-refractivity contribution in [2.45, 2.75) is 19.4 Å². The van der Waals surface area contributed by atoms with Gasteiger partial charge in [-0.15, -0.1) is 0 Å². The quantitative estimate of drug-likeness (QED) is 0.718. The summed E-state index contributed by atoms with van der Waals surface area (Å²) >= 11 is 1.80. The first-order chi connectivity index (χ1) is 5.79. The van der Waals surface area contributed by atoms with Gasteiger partial charge < -0.3 is 10.2 Å². The molecular formula is C8H16N2OS. The minimum Gasteiger partial charge on any atom is -0.336 e. The number of nitrogens with zero attached hydrogens (tertiary/aromatic N) is 1. The third kappa shape index (κ3) is 2.06. The Hall–Kier alpha value is -0.380. The third-order valence-electron chi connectivity index (χ3n) is 2.16. The highest BCUT2D eigenvalue weighted by molar-refractivity contribution is 7.98. The topological polar surface area (TPSA) is 32.3 Å². The second-order valence-corrected chi connectivity index (χ2v) is 3.85. The third-order valence-corrected chi connectivity index (χ3v) is 2.88. The van der Waals surface area contributed by atoms with Gasteiger partial charge in [-0.2, -0.15) is 11.8 Å². The summed E-state index contributed by atoms with van der Waals surface area (Å²) in [6.45, 7) is 3.81. The van der Waals surface area contributed by atoms with Crippen LogP contribution in [0.4, 0.5) is 4.79 Å². The van der Waals surface area contributed by atoms with Gasteiger partial charge in [0.05, 0.1) is 0 Å². The predicted molar refractivity (Wildman–Crippen MR) is 52.6 cm³/mol. The Balaban J connectivity index is 2.46. The van der Waals surface area contributed by atoms with Crippen molar-refractivity contribution in [1.82, 2.24) is 10.2 Å². The number of hydrogen-bond donors (Lipinski definition) is 1. The monoisotopic (exact) mass is 188 g/mol. The molecule has 1 fully saturated rings. The van der Waals surface area contributed by atoms with Gasteiger partial charge in [-0.25, -0.2) is 4.79 Å². The molecule has 1 saturated heterocycles. The minimum absolute atomic E-state index is 0.107. The molecule has 0 saturated carbocycles. The second-order valence-electron chi connectivity index (χ2n) is 2.94. The highest BCUT2D eigenvalue weighted by atomic mass is 32.2. The Kier molecular flexibility index (Phi) is 3.72. The number of thioether (sulfide) groups is 1. The van der Waals surface area contributed by atoms with Gasteiger partial charge in [0, 0.05) is 24.9 Å². The molecule has 1 unspecified atom stereocenters. The van der Waals surface area contributed by atoms with Crippen LogP contribution < -0.4 is 5.32 Å². The summed E-state index contributed by atoms with van der Waals surface area (Å²) in [5.41, 5.74) is 0. The average molecular weight is 188 g/mol. The van der Waals surface area contributed by atoms with Crippen molar-refractivity contribution < 1.29 is 4.79 Å². The molecule has 0 aliphatic carbocycles. The Bertz CT molecular complexity index is 163. The number of urea groups is 1. The van der Waals surface area contributed by atoms with E-state index in [1.54, 1.807) is 11.8 Å². The van der Waals surface area contributed by atoms with Crippen molar-refractivity contribution in [2.75, 3.05) is 25.1 Å². The van der Waals surface area contributed by atoms with Crippen LogP contribution in [-0.2, 0) is 0 Å². The highest BCUT2D eigenvalue weighted by Gasteiger charge is 2.25. The molecule has 1 heterocycles. The van der Waals surface area contributed by atoms with Crippen LogP contribution in [0.2, 0.25) is 0 Å². The molecule has 0 radical (unpaired) electrons. The fourth-order valence-corrected chi connectivity index (χ4v) is 2.26. The number of carbonyl (C=O) groups is 1. The van der Waals surface area contributed by atoms with Crippen molar-refractivity contribution >= 4 is 17.8 Å². The lowest BCUT2D eigenvalue weighted by molar-refractivity contribution is 0.202. The number of rotatable bonds is 4. The van der Waals surface area contributed by atoms with Crippen LogP contribution in [0.15, 0.2) is 0 Å². The first-order valence-electron chi connectivity index (χ1n) is 4.33. The first kappa shape index (κ1) is 9.71. The van der Waals surface area contributed by atoms with E-state index >= 15 is 0 Å². The maximum atomic E-state index is 11.3. The summed E-state index contributed by atoms with van der Waals surface area (Å²) in [4.78, 5) is 13.2. The molecule has 0 aromatic carbocycles. The Morgan fingerprint density at radius 3 is 2.92 bits per heavy atom. The maximum absolute atomic E-state index is 11.3. The summed E-state index contributed by atoms with van der Waals surface area (Å²) in [6, 6.07) is 0.526. The van der Waals surface area contributed by atoms with Crippen LogP contribution in [0.25, 0.3) is 0 Å². The maximum Gasteiger partial charge on any atom is 0.317 e. The molecule has 70 valence electrons. The van der Waals surface area contributed by atoms with E-state index in [-0.39, 0.29) is 6.03 Å². The number of hydrogen-bond acceptors (Lipinski definition) is 2. The smallest absolute Gasteiger partial charge is 0.317 e. The van der Waals surface area contributed by atoms with Crippen LogP contribution in [0, 0.1) is 0 Å². The van der Waals surface area contributed by atoms with Crippen LogP contribution in [-0.4, -0.2) is 42.1 Å². The summed E-state index contributed by atoms with van der Waals surface area (Å²) in [7, 11) is 0. The van der Waals surface area contributed by atoms with Gasteiger partial charge in [-0.05, 0) is 12.7 Å². The van der Waals surface area contributed by atoms with E-state index in [0.29, 0.717) is 6.04 Å². The van der Waals surface area contributed by atoms with E-state index in [0.717, 1.165) is 25.3 Å². The SMILES string of the molecule is CCC(CSC)N1CCNC1=O. The molecule has 4 heteroatoms. The minimum atomic E-state index is 0.107. The van der Waals surface area contributed by atoms with Crippen molar-refractivity contribution in [3.63, 3.8) is 0 Å². The first-order valence-corrected chi connectivity index (χ1v) is 5.72. The molecular weight excluding hydrogens is 172 g/mol. The molecule has 1 N–H and O–H groups in total. The van der Waals surface area contributed by atoms with E-state index in [1.807, 2.05) is 4.90 Å². The summed E-state index contributed by atoms with van der Waals surface area (Å²) in [6.07, 6.45) is 3.13. The fraction of sp³-hybridized carbons (Fsp3) is 0.875.